The lowest BCUT2D eigenvalue weighted by molar-refractivity contribution is -0.146. The van der Waals surface area contributed by atoms with E-state index < -0.39 is 22.0 Å². The molecule has 13 heteroatoms. The van der Waals surface area contributed by atoms with Gasteiger partial charge in [-0.15, -0.1) is 15.3 Å². The predicted molar refractivity (Wildman–Crippen MR) is 98.2 cm³/mol. The summed E-state index contributed by atoms with van der Waals surface area (Å²) in [5.74, 6) is -0.931. The normalized spacial score (nSPS) is 16.5. The lowest BCUT2D eigenvalue weighted by Crippen LogP contribution is -2.49. The van der Waals surface area contributed by atoms with Crippen LogP contribution in [0.4, 0.5) is 19.0 Å². The highest BCUT2D eigenvalue weighted by Crippen LogP contribution is 2.28. The highest BCUT2D eigenvalue weighted by atomic mass is 35.5. The molecule has 0 N–H and O–H groups in total. The van der Waals surface area contributed by atoms with Crippen LogP contribution in [0.5, 0.6) is 0 Å². The number of piperazine rings is 1. The molecule has 1 fully saturated rings. The molecule has 1 aliphatic heterocycles. The molecular formula is C16H14ClF3N6O2S. The van der Waals surface area contributed by atoms with Gasteiger partial charge in [-0.3, -0.25) is 0 Å². The lowest BCUT2D eigenvalue weighted by Gasteiger charge is -2.34. The summed E-state index contributed by atoms with van der Waals surface area (Å²) < 4.78 is 66.6. The van der Waals surface area contributed by atoms with Gasteiger partial charge in [-0.1, -0.05) is 17.7 Å². The number of hydrogen-bond donors (Lipinski definition) is 0. The average Bonchev–Trinajstić information content (AvgIpc) is 3.12. The summed E-state index contributed by atoms with van der Waals surface area (Å²) in [4.78, 5) is 1.81. The van der Waals surface area contributed by atoms with Crippen LogP contribution in [0.15, 0.2) is 41.3 Å². The second-order valence-electron chi connectivity index (χ2n) is 6.33. The molecule has 2 aromatic heterocycles. The Balaban J connectivity index is 1.54. The van der Waals surface area contributed by atoms with Crippen molar-refractivity contribution >= 4 is 33.1 Å². The quantitative estimate of drug-likeness (QED) is 0.614. The maximum absolute atomic E-state index is 13.0. The number of benzene rings is 1. The van der Waals surface area contributed by atoms with E-state index in [4.69, 9.17) is 11.6 Å². The van der Waals surface area contributed by atoms with Crippen LogP contribution < -0.4 is 4.90 Å². The van der Waals surface area contributed by atoms with E-state index in [1.165, 1.54) is 28.6 Å². The molecule has 8 nitrogen and oxygen atoms in total. The first kappa shape index (κ1) is 19.9. The number of anilines is 1. The van der Waals surface area contributed by atoms with Gasteiger partial charge in [-0.2, -0.15) is 22.0 Å². The number of rotatable bonds is 3. The van der Waals surface area contributed by atoms with E-state index in [1.807, 2.05) is 0 Å². The van der Waals surface area contributed by atoms with Gasteiger partial charge in [0.15, 0.2) is 5.65 Å². The minimum atomic E-state index is -4.69. The molecule has 0 aliphatic carbocycles. The van der Waals surface area contributed by atoms with Gasteiger partial charge in [-0.25, -0.2) is 8.42 Å². The van der Waals surface area contributed by atoms with Crippen molar-refractivity contribution in [3.05, 3.63) is 47.2 Å². The maximum Gasteiger partial charge on any atom is 0.453 e. The molecule has 0 bridgehead atoms. The minimum Gasteiger partial charge on any atom is -0.353 e. The molecule has 0 radical (unpaired) electrons. The van der Waals surface area contributed by atoms with Gasteiger partial charge in [-0.05, 0) is 30.3 Å². The second kappa shape index (κ2) is 7.11. The number of fused-ring (bicyclic) bond motifs is 1. The Morgan fingerprint density at radius 1 is 1.00 bits per heavy atom. The highest BCUT2D eigenvalue weighted by molar-refractivity contribution is 7.89. The Hall–Kier alpha value is -2.44. The third kappa shape index (κ3) is 3.74. The molecule has 29 heavy (non-hydrogen) atoms. The zero-order chi connectivity index (χ0) is 20.8. The van der Waals surface area contributed by atoms with Gasteiger partial charge in [0, 0.05) is 31.2 Å². The Kier molecular flexibility index (Phi) is 4.87. The van der Waals surface area contributed by atoms with Crippen LogP contribution in [-0.2, 0) is 16.2 Å². The van der Waals surface area contributed by atoms with E-state index in [2.05, 4.69) is 15.3 Å². The molecule has 0 unspecified atom stereocenters. The number of alkyl halides is 3. The Bertz CT molecular complexity index is 1160. The summed E-state index contributed by atoms with van der Waals surface area (Å²) in [7, 11) is -3.71. The second-order valence-corrected chi connectivity index (χ2v) is 8.71. The Labute approximate surface area is 168 Å². The van der Waals surface area contributed by atoms with Crippen molar-refractivity contribution in [2.45, 2.75) is 11.1 Å². The summed E-state index contributed by atoms with van der Waals surface area (Å²) in [6.07, 6.45) is -4.69. The first-order valence-corrected chi connectivity index (χ1v) is 10.3. The van der Waals surface area contributed by atoms with Crippen molar-refractivity contribution in [1.82, 2.24) is 24.1 Å². The number of aromatic nitrogens is 4. The molecule has 1 aliphatic rings. The molecular weight excluding hydrogens is 433 g/mol. The molecule has 1 saturated heterocycles. The first-order valence-electron chi connectivity index (χ1n) is 8.46. The maximum atomic E-state index is 13.0. The van der Waals surface area contributed by atoms with Crippen LogP contribution in [-0.4, -0.2) is 58.7 Å². The fraction of sp³-hybridized carbons (Fsp3) is 0.312. The molecule has 154 valence electrons. The molecule has 0 atom stereocenters. The summed E-state index contributed by atoms with van der Waals surface area (Å²) in [5, 5.41) is 10.9. The predicted octanol–water partition coefficient (Wildman–Crippen LogP) is 2.31. The van der Waals surface area contributed by atoms with Gasteiger partial charge in [0.2, 0.25) is 10.0 Å². The van der Waals surface area contributed by atoms with Crippen LogP contribution in [0.25, 0.3) is 5.65 Å². The standard InChI is InChI=1S/C16H14ClF3N6O2S/c17-11-2-1-3-12(10-11)29(27,28)25-8-6-24(7-9-25)14-5-4-13-21-22-15(16(18,19)20)26(13)23-14/h1-5,10H,6-9H2. The highest BCUT2D eigenvalue weighted by Gasteiger charge is 2.38. The number of sulfonamides is 1. The van der Waals surface area contributed by atoms with Crippen molar-refractivity contribution in [2.24, 2.45) is 0 Å². The fourth-order valence-electron chi connectivity index (χ4n) is 3.06. The number of halogens is 4. The number of nitrogens with zero attached hydrogens (tertiary/aromatic N) is 6. The average molecular weight is 447 g/mol. The van der Waals surface area contributed by atoms with Gasteiger partial charge in [0.05, 0.1) is 4.90 Å². The minimum absolute atomic E-state index is 0.0248. The van der Waals surface area contributed by atoms with Crippen LogP contribution in [0.3, 0.4) is 0 Å². The van der Waals surface area contributed by atoms with Crippen molar-refractivity contribution in [3.8, 4) is 0 Å². The van der Waals surface area contributed by atoms with E-state index >= 15 is 0 Å². The van der Waals surface area contributed by atoms with Crippen LogP contribution in [0, 0.1) is 0 Å². The van der Waals surface area contributed by atoms with Crippen LogP contribution in [0.2, 0.25) is 5.02 Å². The molecule has 4 rings (SSSR count). The van der Waals surface area contributed by atoms with Crippen molar-refractivity contribution in [1.29, 1.82) is 0 Å². The summed E-state index contributed by atoms with van der Waals surface area (Å²) in [6, 6.07) is 8.91. The van der Waals surface area contributed by atoms with E-state index in [0.29, 0.717) is 9.54 Å². The number of hydrogen-bond acceptors (Lipinski definition) is 6. The van der Waals surface area contributed by atoms with Gasteiger partial charge in [0.25, 0.3) is 5.82 Å². The van der Waals surface area contributed by atoms with E-state index in [0.717, 1.165) is 0 Å². The van der Waals surface area contributed by atoms with Crippen LogP contribution >= 0.6 is 11.6 Å². The largest absolute Gasteiger partial charge is 0.453 e. The van der Waals surface area contributed by atoms with E-state index in [-0.39, 0.29) is 42.5 Å². The zero-order valence-corrected chi connectivity index (χ0v) is 16.3. The monoisotopic (exact) mass is 446 g/mol. The topological polar surface area (TPSA) is 83.7 Å². The van der Waals surface area contributed by atoms with Crippen LogP contribution in [0.1, 0.15) is 5.82 Å². The van der Waals surface area contributed by atoms with Gasteiger partial charge >= 0.3 is 6.18 Å². The molecule has 0 saturated carbocycles. The van der Waals surface area contributed by atoms with Gasteiger partial charge < -0.3 is 4.90 Å². The summed E-state index contributed by atoms with van der Waals surface area (Å²) >= 11 is 5.88. The van der Waals surface area contributed by atoms with E-state index in [1.54, 1.807) is 17.0 Å². The van der Waals surface area contributed by atoms with Gasteiger partial charge in [0.1, 0.15) is 5.82 Å². The smallest absolute Gasteiger partial charge is 0.353 e. The first-order chi connectivity index (χ1) is 13.7. The molecule has 3 heterocycles. The molecule has 0 spiro atoms. The van der Waals surface area contributed by atoms with Crippen molar-refractivity contribution < 1.29 is 21.6 Å². The Morgan fingerprint density at radius 3 is 2.38 bits per heavy atom. The summed E-state index contributed by atoms with van der Waals surface area (Å²) in [5.41, 5.74) is -0.0248. The fourth-order valence-corrected chi connectivity index (χ4v) is 4.78. The third-order valence-electron chi connectivity index (χ3n) is 4.50. The third-order valence-corrected chi connectivity index (χ3v) is 6.63. The summed E-state index contributed by atoms with van der Waals surface area (Å²) in [6.45, 7) is 0.843. The zero-order valence-electron chi connectivity index (χ0n) is 14.7. The van der Waals surface area contributed by atoms with Crippen molar-refractivity contribution in [2.75, 3.05) is 31.1 Å². The Morgan fingerprint density at radius 2 is 1.72 bits per heavy atom. The molecule has 0 amide bonds. The SMILES string of the molecule is O=S(=O)(c1cccc(Cl)c1)N1CCN(c2ccc3nnc(C(F)(F)F)n3n2)CC1. The lowest BCUT2D eigenvalue weighted by atomic mass is 10.3. The molecule has 1 aromatic carbocycles. The van der Waals surface area contributed by atoms with Crippen molar-refractivity contribution in [3.63, 3.8) is 0 Å². The van der Waals surface area contributed by atoms with E-state index in [9.17, 15) is 21.6 Å². The molecule has 3 aromatic rings.